The van der Waals surface area contributed by atoms with Crippen LogP contribution in [-0.4, -0.2) is 23.6 Å². The van der Waals surface area contributed by atoms with Crippen LogP contribution in [0.25, 0.3) is 0 Å². The number of hydrogen-bond donors (Lipinski definition) is 2. The number of carbonyl (C=O) groups excluding carboxylic acids is 1. The van der Waals surface area contributed by atoms with E-state index in [1.807, 2.05) is 12.1 Å². The van der Waals surface area contributed by atoms with Gasteiger partial charge in [0.15, 0.2) is 0 Å². The minimum absolute atomic E-state index is 0.0797. The van der Waals surface area contributed by atoms with E-state index in [1.54, 1.807) is 36.4 Å². The normalized spacial score (nSPS) is 19.6. The highest BCUT2D eigenvalue weighted by atomic mass is 35.5. The molecule has 1 amide bonds. The van der Waals surface area contributed by atoms with E-state index in [0.717, 1.165) is 5.56 Å². The van der Waals surface area contributed by atoms with Crippen molar-refractivity contribution in [3.8, 4) is 0 Å². The average Bonchev–Trinajstić information content (AvgIpc) is 3.05. The molecule has 0 bridgehead atoms. The number of carbonyl (C=O) groups is 2. The van der Waals surface area contributed by atoms with Crippen molar-refractivity contribution in [2.24, 2.45) is 5.92 Å². The maximum Gasteiger partial charge on any atom is 0.307 e. The highest BCUT2D eigenvalue weighted by Crippen LogP contribution is 2.35. The van der Waals surface area contributed by atoms with Crippen LogP contribution in [0.3, 0.4) is 0 Å². The maximum absolute atomic E-state index is 12.7. The van der Waals surface area contributed by atoms with Crippen LogP contribution in [0.2, 0.25) is 5.02 Å². The molecule has 0 aliphatic carbocycles. The molecule has 0 aromatic heterocycles. The van der Waals surface area contributed by atoms with Gasteiger partial charge in [-0.3, -0.25) is 9.59 Å². The second kappa shape index (κ2) is 7.68. The molecule has 0 unspecified atom stereocenters. The zero-order valence-corrected chi connectivity index (χ0v) is 14.2. The summed E-state index contributed by atoms with van der Waals surface area (Å²) in [5.41, 5.74) is 2.15. The number of aliphatic carboxylic acids is 1. The summed E-state index contributed by atoms with van der Waals surface area (Å²) >= 11 is 5.91. The standard InChI is InChI=1S/C19H18ClNO4/c20-14-6-4-13(5-7-14)18-16(8-9-25-18)19(24)21-15-3-1-2-12(10-15)11-17(22)23/h1-7,10,16,18H,8-9,11H2,(H,21,24)(H,22,23)/t16-,18+/m1/s1. The van der Waals surface area contributed by atoms with Crippen molar-refractivity contribution in [3.05, 3.63) is 64.7 Å². The molecule has 0 spiro atoms. The van der Waals surface area contributed by atoms with E-state index in [4.69, 9.17) is 21.4 Å². The van der Waals surface area contributed by atoms with Gasteiger partial charge in [-0.2, -0.15) is 0 Å². The highest BCUT2D eigenvalue weighted by Gasteiger charge is 2.35. The first-order valence-corrected chi connectivity index (χ1v) is 8.39. The molecule has 6 heteroatoms. The van der Waals surface area contributed by atoms with Crippen LogP contribution in [0.4, 0.5) is 5.69 Å². The molecular formula is C19H18ClNO4. The predicted octanol–water partition coefficient (Wildman–Crippen LogP) is 3.68. The number of rotatable bonds is 5. The van der Waals surface area contributed by atoms with Gasteiger partial charge in [0.05, 0.1) is 18.4 Å². The smallest absolute Gasteiger partial charge is 0.307 e. The van der Waals surface area contributed by atoms with Crippen LogP contribution >= 0.6 is 11.6 Å². The Morgan fingerprint density at radius 1 is 1.20 bits per heavy atom. The van der Waals surface area contributed by atoms with Gasteiger partial charge in [0.1, 0.15) is 0 Å². The second-order valence-corrected chi connectivity index (χ2v) is 6.43. The van der Waals surface area contributed by atoms with Crippen LogP contribution in [0.15, 0.2) is 48.5 Å². The molecule has 5 nitrogen and oxygen atoms in total. The molecule has 1 fully saturated rings. The fourth-order valence-corrected chi connectivity index (χ4v) is 3.13. The lowest BCUT2D eigenvalue weighted by atomic mass is 9.94. The van der Waals surface area contributed by atoms with E-state index in [2.05, 4.69) is 5.32 Å². The third kappa shape index (κ3) is 4.38. The van der Waals surface area contributed by atoms with Crippen molar-refractivity contribution in [3.63, 3.8) is 0 Å². The molecule has 1 saturated heterocycles. The fourth-order valence-electron chi connectivity index (χ4n) is 3.01. The van der Waals surface area contributed by atoms with E-state index in [0.29, 0.717) is 29.3 Å². The monoisotopic (exact) mass is 359 g/mol. The summed E-state index contributed by atoms with van der Waals surface area (Å²) in [5, 5.41) is 12.4. The number of carboxylic acid groups (broad SMARTS) is 1. The Hall–Kier alpha value is -2.37. The Balaban J connectivity index is 1.72. The van der Waals surface area contributed by atoms with Crippen LogP contribution in [-0.2, 0) is 20.7 Å². The number of anilines is 1. The Bertz CT molecular complexity index is 775. The third-order valence-electron chi connectivity index (χ3n) is 4.18. The Morgan fingerprint density at radius 2 is 1.96 bits per heavy atom. The molecule has 2 aromatic rings. The summed E-state index contributed by atoms with van der Waals surface area (Å²) in [4.78, 5) is 23.5. The first-order valence-electron chi connectivity index (χ1n) is 8.01. The zero-order chi connectivity index (χ0) is 17.8. The topological polar surface area (TPSA) is 75.6 Å². The summed E-state index contributed by atoms with van der Waals surface area (Å²) in [6.07, 6.45) is 0.247. The minimum atomic E-state index is -0.907. The molecule has 0 saturated carbocycles. The number of carboxylic acids is 1. The highest BCUT2D eigenvalue weighted by molar-refractivity contribution is 6.30. The predicted molar refractivity (Wildman–Crippen MR) is 94.7 cm³/mol. The molecule has 3 rings (SSSR count). The quantitative estimate of drug-likeness (QED) is 0.853. The molecule has 2 N–H and O–H groups in total. The minimum Gasteiger partial charge on any atom is -0.481 e. The van der Waals surface area contributed by atoms with Crippen molar-refractivity contribution in [1.29, 1.82) is 0 Å². The average molecular weight is 360 g/mol. The molecule has 2 atom stereocenters. The number of nitrogens with one attached hydrogen (secondary N) is 1. The van der Waals surface area contributed by atoms with Gasteiger partial charge in [0.25, 0.3) is 0 Å². The van der Waals surface area contributed by atoms with E-state index < -0.39 is 5.97 Å². The van der Waals surface area contributed by atoms with Crippen molar-refractivity contribution >= 4 is 29.2 Å². The van der Waals surface area contributed by atoms with Gasteiger partial charge in [-0.05, 0) is 41.8 Å². The summed E-state index contributed by atoms with van der Waals surface area (Å²) in [7, 11) is 0. The molecule has 130 valence electrons. The third-order valence-corrected chi connectivity index (χ3v) is 4.43. The number of amides is 1. The van der Waals surface area contributed by atoms with Crippen molar-refractivity contribution in [2.45, 2.75) is 18.9 Å². The van der Waals surface area contributed by atoms with Gasteiger partial charge >= 0.3 is 5.97 Å². The van der Waals surface area contributed by atoms with Crippen molar-refractivity contribution in [1.82, 2.24) is 0 Å². The van der Waals surface area contributed by atoms with Crippen LogP contribution in [0.1, 0.15) is 23.7 Å². The van der Waals surface area contributed by atoms with Gasteiger partial charge in [0, 0.05) is 17.3 Å². The number of hydrogen-bond acceptors (Lipinski definition) is 3. The van der Waals surface area contributed by atoms with Gasteiger partial charge < -0.3 is 15.2 Å². The lowest BCUT2D eigenvalue weighted by Crippen LogP contribution is -2.25. The lowest BCUT2D eigenvalue weighted by molar-refractivity contribution is -0.136. The number of benzene rings is 2. The molecule has 0 radical (unpaired) electrons. The van der Waals surface area contributed by atoms with E-state index in [9.17, 15) is 9.59 Å². The maximum atomic E-state index is 12.7. The lowest BCUT2D eigenvalue weighted by Gasteiger charge is -2.19. The SMILES string of the molecule is O=C(O)Cc1cccc(NC(=O)[C@@H]2CCO[C@H]2c2ccc(Cl)cc2)c1. The van der Waals surface area contributed by atoms with E-state index in [-0.39, 0.29) is 24.3 Å². The number of ether oxygens (including phenoxy) is 1. The van der Waals surface area contributed by atoms with Crippen LogP contribution in [0, 0.1) is 5.92 Å². The Kier molecular flexibility index (Phi) is 5.36. The molecular weight excluding hydrogens is 342 g/mol. The van der Waals surface area contributed by atoms with Crippen LogP contribution < -0.4 is 5.32 Å². The molecule has 2 aromatic carbocycles. The summed E-state index contributed by atoms with van der Waals surface area (Å²) in [6, 6.07) is 14.2. The zero-order valence-electron chi connectivity index (χ0n) is 13.4. The summed E-state index contributed by atoms with van der Waals surface area (Å²) in [6.45, 7) is 0.518. The fraction of sp³-hybridized carbons (Fsp3) is 0.263. The Morgan fingerprint density at radius 3 is 2.68 bits per heavy atom. The first-order chi connectivity index (χ1) is 12.0. The summed E-state index contributed by atoms with van der Waals surface area (Å²) in [5.74, 6) is -1.34. The van der Waals surface area contributed by atoms with Gasteiger partial charge in [-0.15, -0.1) is 0 Å². The first kappa shape index (κ1) is 17.5. The number of halogens is 1. The summed E-state index contributed by atoms with van der Waals surface area (Å²) < 4.78 is 5.75. The van der Waals surface area contributed by atoms with Crippen LogP contribution in [0.5, 0.6) is 0 Å². The van der Waals surface area contributed by atoms with E-state index in [1.165, 1.54) is 0 Å². The molecule has 1 aliphatic heterocycles. The Labute approximate surface area is 150 Å². The van der Waals surface area contributed by atoms with Crippen molar-refractivity contribution < 1.29 is 19.4 Å². The van der Waals surface area contributed by atoms with Gasteiger partial charge in [-0.25, -0.2) is 0 Å². The largest absolute Gasteiger partial charge is 0.481 e. The molecule has 25 heavy (non-hydrogen) atoms. The van der Waals surface area contributed by atoms with Crippen molar-refractivity contribution in [2.75, 3.05) is 11.9 Å². The van der Waals surface area contributed by atoms with E-state index >= 15 is 0 Å². The molecule has 1 heterocycles. The second-order valence-electron chi connectivity index (χ2n) is 6.00. The molecule has 1 aliphatic rings. The van der Waals surface area contributed by atoms with Gasteiger partial charge in [0.2, 0.25) is 5.91 Å². The van der Waals surface area contributed by atoms with Gasteiger partial charge in [-0.1, -0.05) is 35.9 Å².